The van der Waals surface area contributed by atoms with Crippen LogP contribution in [-0.4, -0.2) is 26.7 Å². The highest BCUT2D eigenvalue weighted by Crippen LogP contribution is 2.31. The van der Waals surface area contributed by atoms with Gasteiger partial charge in [0.05, 0.1) is 0 Å². The number of nitrogens with one attached hydrogen (secondary N) is 1. The van der Waals surface area contributed by atoms with E-state index in [-0.39, 0.29) is 5.41 Å². The summed E-state index contributed by atoms with van der Waals surface area (Å²) >= 11 is 3.11. The summed E-state index contributed by atoms with van der Waals surface area (Å²) in [4.78, 5) is 9.22. The van der Waals surface area contributed by atoms with Gasteiger partial charge in [-0.2, -0.15) is 0 Å². The van der Waals surface area contributed by atoms with Crippen LogP contribution in [0, 0.1) is 6.92 Å². The van der Waals surface area contributed by atoms with Crippen LogP contribution in [0.2, 0.25) is 0 Å². The Labute approximate surface area is 127 Å². The van der Waals surface area contributed by atoms with Crippen molar-refractivity contribution in [3.8, 4) is 0 Å². The van der Waals surface area contributed by atoms with E-state index in [0.717, 1.165) is 32.6 Å². The lowest BCUT2D eigenvalue weighted by Gasteiger charge is -2.18. The maximum Gasteiger partial charge on any atom is 0.180 e. The highest BCUT2D eigenvalue weighted by Gasteiger charge is 2.19. The highest BCUT2D eigenvalue weighted by molar-refractivity contribution is 8.01. The molecule has 7 heteroatoms. The van der Waals surface area contributed by atoms with Crippen LogP contribution in [-0.2, 0) is 5.41 Å². The second-order valence-corrected chi connectivity index (χ2v) is 7.83. The summed E-state index contributed by atoms with van der Waals surface area (Å²) in [6.07, 6.45) is 0. The van der Waals surface area contributed by atoms with Crippen LogP contribution in [0.15, 0.2) is 15.4 Å². The normalized spacial score (nSPS) is 11.7. The van der Waals surface area contributed by atoms with Gasteiger partial charge in [0.25, 0.3) is 0 Å². The molecule has 0 aromatic carbocycles. The van der Waals surface area contributed by atoms with Crippen molar-refractivity contribution in [2.24, 2.45) is 0 Å². The third-order valence-electron chi connectivity index (χ3n) is 2.43. The monoisotopic (exact) mass is 309 g/mol. The molecule has 0 atom stereocenters. The zero-order valence-electron chi connectivity index (χ0n) is 12.4. The van der Waals surface area contributed by atoms with E-state index in [4.69, 9.17) is 0 Å². The summed E-state index contributed by atoms with van der Waals surface area (Å²) < 4.78 is 0.906. The molecule has 108 valence electrons. The maximum absolute atomic E-state index is 4.64. The largest absolute Gasteiger partial charge is 0.370 e. The first-order valence-electron chi connectivity index (χ1n) is 6.50. The first kappa shape index (κ1) is 15.2. The molecule has 2 rings (SSSR count). The number of aryl methyl sites for hydroxylation is 1. The molecule has 0 saturated heterocycles. The van der Waals surface area contributed by atoms with Gasteiger partial charge in [0.2, 0.25) is 0 Å². The smallest absolute Gasteiger partial charge is 0.180 e. The SMILES string of the molecule is CCNc1cc(Sc2nnc(C)s2)nc(C(C)(C)C)n1. The molecule has 0 aliphatic rings. The van der Waals surface area contributed by atoms with E-state index in [9.17, 15) is 0 Å². The molecule has 0 radical (unpaired) electrons. The molecule has 1 N–H and O–H groups in total. The van der Waals surface area contributed by atoms with Gasteiger partial charge in [-0.25, -0.2) is 9.97 Å². The molecule has 0 unspecified atom stereocenters. The zero-order valence-corrected chi connectivity index (χ0v) is 14.0. The van der Waals surface area contributed by atoms with E-state index in [0.29, 0.717) is 0 Å². The number of rotatable bonds is 4. The summed E-state index contributed by atoms with van der Waals surface area (Å²) in [5.74, 6) is 1.69. The van der Waals surface area contributed by atoms with Crippen molar-refractivity contribution in [2.75, 3.05) is 11.9 Å². The highest BCUT2D eigenvalue weighted by atomic mass is 32.2. The van der Waals surface area contributed by atoms with E-state index >= 15 is 0 Å². The van der Waals surface area contributed by atoms with Gasteiger partial charge in [0, 0.05) is 18.0 Å². The van der Waals surface area contributed by atoms with Crippen LogP contribution >= 0.6 is 23.1 Å². The second-order valence-electron chi connectivity index (χ2n) is 5.38. The van der Waals surface area contributed by atoms with Gasteiger partial charge >= 0.3 is 0 Å². The third kappa shape index (κ3) is 3.89. The Morgan fingerprint density at radius 1 is 1.25 bits per heavy atom. The Hall–Kier alpha value is -1.21. The quantitative estimate of drug-likeness (QED) is 0.872. The molecule has 5 nitrogen and oxygen atoms in total. The summed E-state index contributed by atoms with van der Waals surface area (Å²) in [5.41, 5.74) is -0.0855. The van der Waals surface area contributed by atoms with E-state index in [1.807, 2.05) is 13.0 Å². The Morgan fingerprint density at radius 3 is 2.55 bits per heavy atom. The van der Waals surface area contributed by atoms with Crippen molar-refractivity contribution >= 4 is 28.9 Å². The third-order valence-corrected chi connectivity index (χ3v) is 4.24. The first-order chi connectivity index (χ1) is 9.38. The molecule has 0 aliphatic carbocycles. The van der Waals surface area contributed by atoms with Gasteiger partial charge in [0.15, 0.2) is 4.34 Å². The predicted molar refractivity (Wildman–Crippen MR) is 83.7 cm³/mol. The second kappa shape index (κ2) is 6.05. The molecule has 0 saturated carbocycles. The summed E-state index contributed by atoms with van der Waals surface area (Å²) in [6.45, 7) is 11.2. The van der Waals surface area contributed by atoms with Gasteiger partial charge < -0.3 is 5.32 Å². The summed E-state index contributed by atoms with van der Waals surface area (Å²) in [7, 11) is 0. The lowest BCUT2D eigenvalue weighted by Crippen LogP contribution is -2.17. The summed E-state index contributed by atoms with van der Waals surface area (Å²) in [6, 6.07) is 1.96. The van der Waals surface area contributed by atoms with Gasteiger partial charge in [-0.15, -0.1) is 10.2 Å². The van der Waals surface area contributed by atoms with Crippen LogP contribution in [0.25, 0.3) is 0 Å². The Bertz CT molecular complexity index is 589. The van der Waals surface area contributed by atoms with Gasteiger partial charge in [-0.1, -0.05) is 32.1 Å². The van der Waals surface area contributed by atoms with Gasteiger partial charge in [-0.3, -0.25) is 0 Å². The molecule has 20 heavy (non-hydrogen) atoms. The van der Waals surface area contributed by atoms with Crippen molar-refractivity contribution < 1.29 is 0 Å². The topological polar surface area (TPSA) is 63.6 Å². The van der Waals surface area contributed by atoms with Crippen molar-refractivity contribution in [1.29, 1.82) is 0 Å². The lowest BCUT2D eigenvalue weighted by atomic mass is 9.96. The number of aromatic nitrogens is 4. The summed E-state index contributed by atoms with van der Waals surface area (Å²) in [5, 5.41) is 13.3. The molecule has 0 bridgehead atoms. The van der Waals surface area contributed by atoms with Gasteiger partial charge in [-0.05, 0) is 25.6 Å². The van der Waals surface area contributed by atoms with E-state index in [1.165, 1.54) is 11.8 Å². The first-order valence-corrected chi connectivity index (χ1v) is 8.13. The average molecular weight is 309 g/mol. The van der Waals surface area contributed by atoms with Crippen molar-refractivity contribution in [3.05, 3.63) is 16.9 Å². The average Bonchev–Trinajstić information content (AvgIpc) is 2.74. The zero-order chi connectivity index (χ0) is 14.8. The van der Waals surface area contributed by atoms with Crippen molar-refractivity contribution in [3.63, 3.8) is 0 Å². The number of nitrogens with zero attached hydrogens (tertiary/aromatic N) is 4. The van der Waals surface area contributed by atoms with E-state index in [1.54, 1.807) is 11.3 Å². The fourth-order valence-corrected chi connectivity index (χ4v) is 3.26. The minimum atomic E-state index is -0.0855. The number of hydrogen-bond acceptors (Lipinski definition) is 7. The minimum absolute atomic E-state index is 0.0855. The molecule has 2 aromatic heterocycles. The van der Waals surface area contributed by atoms with Crippen LogP contribution in [0.1, 0.15) is 38.5 Å². The van der Waals surface area contributed by atoms with E-state index in [2.05, 4.69) is 53.2 Å². The molecule has 2 heterocycles. The minimum Gasteiger partial charge on any atom is -0.370 e. The van der Waals surface area contributed by atoms with Crippen molar-refractivity contribution in [2.45, 2.75) is 49.4 Å². The number of hydrogen-bond donors (Lipinski definition) is 1. The van der Waals surface area contributed by atoms with Crippen LogP contribution < -0.4 is 5.32 Å². The van der Waals surface area contributed by atoms with Crippen LogP contribution in [0.5, 0.6) is 0 Å². The maximum atomic E-state index is 4.64. The van der Waals surface area contributed by atoms with Crippen molar-refractivity contribution in [1.82, 2.24) is 20.2 Å². The fraction of sp³-hybridized carbons (Fsp3) is 0.538. The number of anilines is 1. The molecule has 2 aromatic rings. The van der Waals surface area contributed by atoms with Gasteiger partial charge in [0.1, 0.15) is 21.7 Å². The lowest BCUT2D eigenvalue weighted by molar-refractivity contribution is 0.539. The molecule has 0 amide bonds. The fourth-order valence-electron chi connectivity index (χ4n) is 1.49. The van der Waals surface area contributed by atoms with Crippen LogP contribution in [0.4, 0.5) is 5.82 Å². The molecular weight excluding hydrogens is 290 g/mol. The Morgan fingerprint density at radius 2 is 2.00 bits per heavy atom. The standard InChI is InChI=1S/C13H19N5S2/c1-6-14-9-7-10(16-11(15-9)13(3,4)5)20-12-18-17-8(2)19-12/h7H,6H2,1-5H3,(H,14,15,16). The Balaban J connectivity index is 2.33. The molecule has 0 spiro atoms. The molecular formula is C13H19N5S2. The Kier molecular flexibility index (Phi) is 4.59. The van der Waals surface area contributed by atoms with Crippen LogP contribution in [0.3, 0.4) is 0 Å². The molecule has 0 aliphatic heterocycles. The molecule has 0 fully saturated rings. The van der Waals surface area contributed by atoms with E-state index < -0.39 is 0 Å². The predicted octanol–water partition coefficient (Wildman–Crippen LogP) is 3.52.